The smallest absolute Gasteiger partial charge is 0.258 e. The van der Waals surface area contributed by atoms with Gasteiger partial charge in [0.2, 0.25) is 5.91 Å². The predicted octanol–water partition coefficient (Wildman–Crippen LogP) is 5.65. The van der Waals surface area contributed by atoms with Crippen LogP contribution in [0.25, 0.3) is 0 Å². The highest BCUT2D eigenvalue weighted by atomic mass is 19.1. The van der Waals surface area contributed by atoms with Gasteiger partial charge >= 0.3 is 0 Å². The van der Waals surface area contributed by atoms with Gasteiger partial charge in [-0.3, -0.25) is 9.59 Å². The van der Waals surface area contributed by atoms with Crippen molar-refractivity contribution < 1.29 is 18.7 Å². The Morgan fingerprint density at radius 1 is 1.07 bits per heavy atom. The SMILES string of the molecule is CC(C)N(C(=O)c1cc(F)ccc1Oc1cncnc1N1CC2(CCN(C(=O)[C@H]3N[C@H]4CC[C@@H]3C[C@@H]4CC3CC3)CC2)C1)C(C)C. The third-order valence-corrected chi connectivity index (χ3v) is 11.4. The lowest BCUT2D eigenvalue weighted by Crippen LogP contribution is -2.65. The zero-order valence-electron chi connectivity index (χ0n) is 27.8. The normalized spacial score (nSPS) is 26.8. The largest absolute Gasteiger partial charge is 0.451 e. The Balaban J connectivity index is 0.979. The zero-order chi connectivity index (χ0) is 32.2. The average molecular weight is 633 g/mol. The number of carbonyl (C=O) groups excluding carboxylic acids is 2. The van der Waals surface area contributed by atoms with Gasteiger partial charge in [0.25, 0.3) is 5.91 Å². The van der Waals surface area contributed by atoms with E-state index in [4.69, 9.17) is 4.74 Å². The number of nitrogens with zero attached hydrogens (tertiary/aromatic N) is 5. The van der Waals surface area contributed by atoms with E-state index in [0.717, 1.165) is 50.9 Å². The first-order valence-corrected chi connectivity index (χ1v) is 17.5. The van der Waals surface area contributed by atoms with Gasteiger partial charge in [0.05, 0.1) is 17.8 Å². The van der Waals surface area contributed by atoms with Gasteiger partial charge < -0.3 is 24.8 Å². The third-order valence-electron chi connectivity index (χ3n) is 11.4. The van der Waals surface area contributed by atoms with E-state index in [1.165, 1.54) is 63.1 Å². The summed E-state index contributed by atoms with van der Waals surface area (Å²) < 4.78 is 20.7. The average Bonchev–Trinajstić information content (AvgIpc) is 3.85. The van der Waals surface area contributed by atoms with Gasteiger partial charge in [-0.1, -0.05) is 12.8 Å². The van der Waals surface area contributed by atoms with Crippen molar-refractivity contribution in [2.24, 2.45) is 23.2 Å². The summed E-state index contributed by atoms with van der Waals surface area (Å²) in [6, 6.07) is 4.45. The van der Waals surface area contributed by atoms with Crippen LogP contribution in [-0.2, 0) is 4.79 Å². The molecule has 2 amide bonds. The predicted molar refractivity (Wildman–Crippen MR) is 174 cm³/mol. The molecule has 1 N–H and O–H groups in total. The van der Waals surface area contributed by atoms with Gasteiger partial charge in [0.1, 0.15) is 17.9 Å². The monoisotopic (exact) mass is 632 g/mol. The summed E-state index contributed by atoms with van der Waals surface area (Å²) in [5, 5.41) is 3.80. The fourth-order valence-corrected chi connectivity index (χ4v) is 8.83. The lowest BCUT2D eigenvalue weighted by Gasteiger charge is -2.55. The van der Waals surface area contributed by atoms with E-state index in [9.17, 15) is 14.0 Å². The number of ether oxygens (including phenoxy) is 1. The molecule has 4 saturated heterocycles. The van der Waals surface area contributed by atoms with Crippen molar-refractivity contribution in [2.75, 3.05) is 31.1 Å². The Kier molecular flexibility index (Phi) is 8.44. The molecule has 46 heavy (non-hydrogen) atoms. The minimum atomic E-state index is -0.494. The number of aromatic nitrogens is 2. The summed E-state index contributed by atoms with van der Waals surface area (Å²) >= 11 is 0. The molecule has 1 spiro atoms. The number of halogens is 1. The van der Waals surface area contributed by atoms with Crippen molar-refractivity contribution in [1.29, 1.82) is 0 Å². The quantitative estimate of drug-likeness (QED) is 0.382. The van der Waals surface area contributed by atoms with Gasteiger partial charge in [0, 0.05) is 49.7 Å². The van der Waals surface area contributed by atoms with Crippen LogP contribution >= 0.6 is 0 Å². The van der Waals surface area contributed by atoms with Crippen LogP contribution < -0.4 is 15.0 Å². The highest BCUT2D eigenvalue weighted by molar-refractivity contribution is 5.97. The van der Waals surface area contributed by atoms with E-state index in [0.29, 0.717) is 29.4 Å². The summed E-state index contributed by atoms with van der Waals surface area (Å²) in [7, 11) is 0. The van der Waals surface area contributed by atoms with E-state index in [1.807, 2.05) is 27.7 Å². The van der Waals surface area contributed by atoms with Gasteiger partial charge in [-0.2, -0.15) is 0 Å². The highest BCUT2D eigenvalue weighted by Gasteiger charge is 2.50. The number of piperidine rings is 3. The molecule has 6 aliphatic rings. The van der Waals surface area contributed by atoms with Crippen molar-refractivity contribution >= 4 is 17.6 Å². The number of hydrogen-bond donors (Lipinski definition) is 1. The number of likely N-dealkylation sites (tertiary alicyclic amines) is 1. The van der Waals surface area contributed by atoms with E-state index >= 15 is 0 Å². The molecule has 10 heteroatoms. The molecule has 248 valence electrons. The molecule has 4 aliphatic heterocycles. The molecular formula is C36H49FN6O3. The first-order chi connectivity index (χ1) is 22.1. The highest BCUT2D eigenvalue weighted by Crippen LogP contribution is 2.47. The van der Waals surface area contributed by atoms with Crippen molar-refractivity contribution in [3.63, 3.8) is 0 Å². The van der Waals surface area contributed by atoms with Crippen LogP contribution in [0.5, 0.6) is 11.5 Å². The lowest BCUT2D eigenvalue weighted by atomic mass is 9.68. The van der Waals surface area contributed by atoms with E-state index in [-0.39, 0.29) is 40.8 Å². The maximum Gasteiger partial charge on any atom is 0.258 e. The van der Waals surface area contributed by atoms with Crippen molar-refractivity contribution in [3.05, 3.63) is 42.1 Å². The van der Waals surface area contributed by atoms with E-state index < -0.39 is 5.82 Å². The standard InChI is InChI=1S/C36H49FN6O3/c1-22(2)43(23(3)4)34(44)28-17-27(37)8-10-30(28)46-31-18-38-21-39-33(31)42-19-36(20-42)11-13-41(14-12-36)35(45)32-25-7-9-29(40-32)26(16-25)15-24-5-6-24/h8,10,17-18,21-26,29,32,40H,5-7,9,11-16,19-20H2,1-4H3/t25-,26+,29+,32+/m1/s1. The molecule has 0 radical (unpaired) electrons. The molecule has 9 nitrogen and oxygen atoms in total. The molecule has 5 heterocycles. The van der Waals surface area contributed by atoms with Crippen LogP contribution in [0, 0.1) is 29.0 Å². The van der Waals surface area contributed by atoms with Crippen LogP contribution in [-0.4, -0.2) is 81.9 Å². The minimum Gasteiger partial charge on any atom is -0.451 e. The Labute approximate surface area is 272 Å². The summed E-state index contributed by atoms with van der Waals surface area (Å²) in [5.41, 5.74) is 0.313. The van der Waals surface area contributed by atoms with Crippen LogP contribution in [0.1, 0.15) is 89.4 Å². The molecule has 2 saturated carbocycles. The Hall–Kier alpha value is -3.27. The van der Waals surface area contributed by atoms with Crippen molar-refractivity contribution in [3.8, 4) is 11.5 Å². The number of carbonyl (C=O) groups is 2. The minimum absolute atomic E-state index is 0.00161. The third kappa shape index (κ3) is 6.09. The molecule has 2 aliphatic carbocycles. The second kappa shape index (κ2) is 12.4. The number of hydrogen-bond acceptors (Lipinski definition) is 7. The molecule has 0 unspecified atom stereocenters. The first kappa shape index (κ1) is 31.3. The second-order valence-electron chi connectivity index (χ2n) is 15.3. The Morgan fingerprint density at radius 3 is 2.46 bits per heavy atom. The van der Waals surface area contributed by atoms with E-state index in [2.05, 4.69) is 25.1 Å². The lowest BCUT2D eigenvalue weighted by molar-refractivity contribution is -0.140. The zero-order valence-corrected chi connectivity index (χ0v) is 27.8. The Bertz CT molecular complexity index is 1440. The topological polar surface area (TPSA) is 90.9 Å². The fourth-order valence-electron chi connectivity index (χ4n) is 8.83. The van der Waals surface area contributed by atoms with E-state index in [1.54, 1.807) is 11.1 Å². The number of nitrogens with one attached hydrogen (secondary N) is 1. The molecule has 1 aromatic heterocycles. The molecule has 1 aromatic carbocycles. The molecule has 8 rings (SSSR count). The number of benzene rings is 1. The fraction of sp³-hybridized carbons (Fsp3) is 0.667. The van der Waals surface area contributed by atoms with Crippen LogP contribution in [0.3, 0.4) is 0 Å². The molecule has 6 fully saturated rings. The maximum atomic E-state index is 14.4. The van der Waals surface area contributed by atoms with Crippen LogP contribution in [0.2, 0.25) is 0 Å². The van der Waals surface area contributed by atoms with Gasteiger partial charge in [-0.25, -0.2) is 14.4 Å². The van der Waals surface area contributed by atoms with Gasteiger partial charge in [-0.05, 0) is 102 Å². The summed E-state index contributed by atoms with van der Waals surface area (Å²) in [5.74, 6) is 3.11. The second-order valence-corrected chi connectivity index (χ2v) is 15.3. The van der Waals surface area contributed by atoms with Gasteiger partial charge in [-0.15, -0.1) is 0 Å². The number of fused-ring (bicyclic) bond motifs is 3. The number of rotatable bonds is 9. The Morgan fingerprint density at radius 2 is 1.80 bits per heavy atom. The first-order valence-electron chi connectivity index (χ1n) is 17.5. The molecule has 4 atom stereocenters. The van der Waals surface area contributed by atoms with Gasteiger partial charge in [0.15, 0.2) is 11.6 Å². The van der Waals surface area contributed by atoms with Crippen molar-refractivity contribution in [1.82, 2.24) is 25.1 Å². The molecule has 2 aromatic rings. The van der Waals surface area contributed by atoms with Crippen LogP contribution in [0.15, 0.2) is 30.7 Å². The summed E-state index contributed by atoms with van der Waals surface area (Å²) in [6.45, 7) is 11.0. The molecular weight excluding hydrogens is 583 g/mol. The number of anilines is 1. The molecule has 2 bridgehead atoms. The summed E-state index contributed by atoms with van der Waals surface area (Å²) in [4.78, 5) is 42.0. The summed E-state index contributed by atoms with van der Waals surface area (Å²) in [6.07, 6.45) is 12.9. The van der Waals surface area contributed by atoms with Crippen molar-refractivity contribution in [2.45, 2.75) is 103 Å². The number of amides is 2. The van der Waals surface area contributed by atoms with Crippen LogP contribution in [0.4, 0.5) is 10.2 Å². The maximum absolute atomic E-state index is 14.4.